The quantitative estimate of drug-likeness (QED) is 0.106. The van der Waals surface area contributed by atoms with Crippen molar-refractivity contribution in [3.8, 4) is 22.8 Å². The van der Waals surface area contributed by atoms with Crippen molar-refractivity contribution in [2.45, 2.75) is 25.1 Å². The van der Waals surface area contributed by atoms with Gasteiger partial charge in [0.1, 0.15) is 28.9 Å². The second kappa shape index (κ2) is 16.2. The zero-order valence-electron chi connectivity index (χ0n) is 31.1. The van der Waals surface area contributed by atoms with Crippen LogP contribution in [0.1, 0.15) is 28.7 Å². The van der Waals surface area contributed by atoms with Crippen LogP contribution in [0.15, 0.2) is 89.9 Å². The average Bonchev–Trinajstić information content (AvgIpc) is 3.51. The number of ether oxygens (including phenoxy) is 1. The van der Waals surface area contributed by atoms with Crippen LogP contribution in [0.4, 0.5) is 32.6 Å². The topological polar surface area (TPSA) is 183 Å². The highest BCUT2D eigenvalue weighted by Crippen LogP contribution is 2.36. The molecule has 0 radical (unpaired) electrons. The fourth-order valence-electron chi connectivity index (χ4n) is 6.64. The van der Waals surface area contributed by atoms with Gasteiger partial charge in [0, 0.05) is 31.3 Å². The summed E-state index contributed by atoms with van der Waals surface area (Å²) in [4.78, 5) is 39.2. The van der Waals surface area contributed by atoms with Crippen molar-refractivity contribution in [3.05, 3.63) is 135 Å². The van der Waals surface area contributed by atoms with Gasteiger partial charge in [0.05, 0.1) is 51.4 Å². The number of fused-ring (bicyclic) bond motifs is 2. The molecule has 0 aliphatic rings. The lowest BCUT2D eigenvalue weighted by molar-refractivity contribution is -0.141. The molecule has 0 saturated heterocycles. The van der Waals surface area contributed by atoms with E-state index in [2.05, 4.69) is 30.1 Å². The number of carboxylic acid groups (broad SMARTS) is 1. The lowest BCUT2D eigenvalue weighted by Gasteiger charge is -2.23. The Morgan fingerprint density at radius 1 is 0.967 bits per heavy atom. The highest BCUT2D eigenvalue weighted by molar-refractivity contribution is 7.92. The third kappa shape index (κ3) is 8.69. The third-order valence-corrected chi connectivity index (χ3v) is 10.9. The molecule has 1 atom stereocenters. The first-order chi connectivity index (χ1) is 28.4. The minimum absolute atomic E-state index is 0.0132. The van der Waals surface area contributed by atoms with E-state index in [1.807, 2.05) is 0 Å². The summed E-state index contributed by atoms with van der Waals surface area (Å²) >= 11 is 6.68. The zero-order valence-corrected chi connectivity index (χ0v) is 32.7. The van der Waals surface area contributed by atoms with E-state index < -0.39 is 57.6 Å². The SMILES string of the molecule is COc1ccc(CCS(=O)(=O)Nc2nn(C)c3c(-n4c([C@H](Cc5cc(F)cc(F)c5)NC(=O)O)nc5cc(-c6nccc(C(F)(F)F)n6)ccc5c4=O)ccc(Cl)c23)cc1. The predicted octanol–water partition coefficient (Wildman–Crippen LogP) is 7.22. The zero-order chi connectivity index (χ0) is 43.1. The fourth-order valence-corrected chi connectivity index (χ4v) is 7.92. The molecule has 3 aromatic heterocycles. The Hall–Kier alpha value is -6.67. The van der Waals surface area contributed by atoms with Crippen LogP contribution in [-0.2, 0) is 36.1 Å². The smallest absolute Gasteiger partial charge is 0.433 e. The standard InChI is InChI=1S/C39H30ClF5N8O6S/c1-52-33-30(10-9-27(40)32(33)35(50-52)51-60(57,58)14-12-20-3-6-25(59-2)7-4-20)53-36(29(48-38(55)56)17-21-15-23(41)19-24(42)16-21)47-28-18-22(5-8-26(28)37(53)54)34-46-13-11-31(49-34)39(43,44)45/h3-11,13,15-16,18-19,29,48H,12,14,17H2,1-2H3,(H,50,51)(H,55,56)/t29-/m0/s1. The number of carbonyl (C=O) groups is 1. The van der Waals surface area contributed by atoms with Crippen LogP contribution >= 0.6 is 11.6 Å². The van der Waals surface area contributed by atoms with Crippen molar-refractivity contribution in [1.29, 1.82) is 0 Å². The van der Waals surface area contributed by atoms with E-state index in [0.717, 1.165) is 22.9 Å². The van der Waals surface area contributed by atoms with Crippen LogP contribution in [0.25, 0.3) is 38.9 Å². The molecule has 0 bridgehead atoms. The first-order valence-electron chi connectivity index (χ1n) is 17.6. The number of amides is 1. The maximum absolute atomic E-state index is 14.7. The highest BCUT2D eigenvalue weighted by Gasteiger charge is 2.33. The molecule has 21 heteroatoms. The van der Waals surface area contributed by atoms with Crippen LogP contribution in [0.3, 0.4) is 0 Å². The first kappa shape index (κ1) is 41.5. The molecule has 1 amide bonds. The maximum Gasteiger partial charge on any atom is 0.433 e. The summed E-state index contributed by atoms with van der Waals surface area (Å²) in [6, 6.07) is 15.1. The summed E-state index contributed by atoms with van der Waals surface area (Å²) in [6.45, 7) is 0. The number of nitrogens with zero attached hydrogens (tertiary/aromatic N) is 6. The van der Waals surface area contributed by atoms with Gasteiger partial charge in [-0.3, -0.25) is 18.8 Å². The Balaban J connectivity index is 1.40. The number of anilines is 1. The number of sulfonamides is 1. The van der Waals surface area contributed by atoms with Gasteiger partial charge in [0.2, 0.25) is 10.0 Å². The molecule has 3 heterocycles. The molecule has 60 heavy (non-hydrogen) atoms. The van der Waals surface area contributed by atoms with Gasteiger partial charge >= 0.3 is 12.3 Å². The molecule has 0 saturated carbocycles. The van der Waals surface area contributed by atoms with Gasteiger partial charge in [0.15, 0.2) is 11.6 Å². The second-order valence-electron chi connectivity index (χ2n) is 13.4. The van der Waals surface area contributed by atoms with Crippen molar-refractivity contribution in [3.63, 3.8) is 0 Å². The van der Waals surface area contributed by atoms with Gasteiger partial charge in [-0.25, -0.2) is 36.9 Å². The van der Waals surface area contributed by atoms with Crippen LogP contribution in [0.2, 0.25) is 5.02 Å². The van der Waals surface area contributed by atoms with Crippen molar-refractivity contribution in [2.75, 3.05) is 17.6 Å². The summed E-state index contributed by atoms with van der Waals surface area (Å²) in [7, 11) is -1.13. The number of alkyl halides is 3. The molecule has 0 unspecified atom stereocenters. The number of aryl methyl sites for hydroxylation is 2. The van der Waals surface area contributed by atoms with Gasteiger partial charge in [-0.1, -0.05) is 29.8 Å². The molecule has 14 nitrogen and oxygen atoms in total. The normalized spacial score (nSPS) is 12.5. The monoisotopic (exact) mass is 868 g/mol. The number of aromatic nitrogens is 6. The number of methoxy groups -OCH3 is 1. The molecule has 7 aromatic rings. The number of nitrogens with one attached hydrogen (secondary N) is 2. The van der Waals surface area contributed by atoms with Crippen LogP contribution < -0.4 is 20.3 Å². The number of rotatable bonds is 12. The number of hydrogen-bond donors (Lipinski definition) is 3. The fraction of sp³-hybridized carbons (Fsp3) is 0.179. The van der Waals surface area contributed by atoms with Crippen molar-refractivity contribution in [1.82, 2.24) is 34.6 Å². The Morgan fingerprint density at radius 3 is 2.35 bits per heavy atom. The van der Waals surface area contributed by atoms with E-state index in [9.17, 15) is 45.1 Å². The molecule has 0 fully saturated rings. The van der Waals surface area contributed by atoms with E-state index in [1.165, 1.54) is 49.2 Å². The summed E-state index contributed by atoms with van der Waals surface area (Å²) in [5, 5.41) is 16.6. The Labute approximate surface area is 341 Å². The highest BCUT2D eigenvalue weighted by atomic mass is 35.5. The number of halogens is 6. The van der Waals surface area contributed by atoms with E-state index >= 15 is 0 Å². The summed E-state index contributed by atoms with van der Waals surface area (Å²) in [6.07, 6.45) is -5.84. The van der Waals surface area contributed by atoms with Crippen molar-refractivity contribution < 1.29 is 45.0 Å². The molecule has 0 spiro atoms. The Bertz CT molecular complexity index is 2960. The van der Waals surface area contributed by atoms with E-state index in [-0.39, 0.29) is 73.3 Å². The minimum Gasteiger partial charge on any atom is -0.497 e. The van der Waals surface area contributed by atoms with Crippen molar-refractivity contribution >= 4 is 55.3 Å². The summed E-state index contributed by atoms with van der Waals surface area (Å²) in [5.41, 5.74) is -1.44. The molecular formula is C39H30ClF5N8O6S. The summed E-state index contributed by atoms with van der Waals surface area (Å²) < 4.78 is 106. The van der Waals surface area contributed by atoms with Gasteiger partial charge in [0.25, 0.3) is 5.56 Å². The number of hydrogen-bond acceptors (Lipinski definition) is 9. The summed E-state index contributed by atoms with van der Waals surface area (Å²) in [5.74, 6) is -2.60. The van der Waals surface area contributed by atoms with Crippen molar-refractivity contribution in [2.24, 2.45) is 7.05 Å². The van der Waals surface area contributed by atoms with Crippen LogP contribution in [-0.4, -0.2) is 61.8 Å². The lowest BCUT2D eigenvalue weighted by atomic mass is 10.0. The van der Waals surface area contributed by atoms with Crippen LogP contribution in [0.5, 0.6) is 5.75 Å². The van der Waals surface area contributed by atoms with Gasteiger partial charge in [-0.05, 0) is 72.1 Å². The van der Waals surface area contributed by atoms with Crippen LogP contribution in [0, 0.1) is 11.6 Å². The van der Waals surface area contributed by atoms with E-state index in [0.29, 0.717) is 23.4 Å². The van der Waals surface area contributed by atoms with Gasteiger partial charge in [-0.2, -0.15) is 18.3 Å². The molecule has 0 aliphatic carbocycles. The van der Waals surface area contributed by atoms with E-state index in [1.54, 1.807) is 24.3 Å². The largest absolute Gasteiger partial charge is 0.497 e. The van der Waals surface area contributed by atoms with E-state index in [4.69, 9.17) is 16.3 Å². The predicted molar refractivity (Wildman–Crippen MR) is 211 cm³/mol. The first-order valence-corrected chi connectivity index (χ1v) is 19.6. The maximum atomic E-state index is 14.7. The second-order valence-corrected chi connectivity index (χ2v) is 15.6. The molecular weight excluding hydrogens is 839 g/mol. The third-order valence-electron chi connectivity index (χ3n) is 9.30. The van der Waals surface area contributed by atoms with Gasteiger partial charge < -0.3 is 15.2 Å². The molecule has 4 aromatic carbocycles. The average molecular weight is 869 g/mol. The Morgan fingerprint density at radius 2 is 1.68 bits per heavy atom. The number of benzene rings is 4. The molecule has 0 aliphatic heterocycles. The molecule has 310 valence electrons. The minimum atomic E-state index is -4.80. The molecule has 7 rings (SSSR count). The van der Waals surface area contributed by atoms with Gasteiger partial charge in [-0.15, -0.1) is 0 Å². The lowest BCUT2D eigenvalue weighted by Crippen LogP contribution is -2.35. The molecule has 3 N–H and O–H groups in total. The Kier molecular flexibility index (Phi) is 11.2.